The van der Waals surface area contributed by atoms with E-state index in [0.717, 1.165) is 37.3 Å². The van der Waals surface area contributed by atoms with Crippen LogP contribution in [0.5, 0.6) is 0 Å². The number of halogens is 3. The van der Waals surface area contributed by atoms with Gasteiger partial charge in [0.1, 0.15) is 11.7 Å². The number of nitrogens with two attached hydrogens (primary N) is 3. The predicted octanol–water partition coefficient (Wildman–Crippen LogP) is 3.60. The second kappa shape index (κ2) is 17.4. The van der Waals surface area contributed by atoms with Gasteiger partial charge < -0.3 is 36.9 Å². The molecule has 13 heteroatoms. The molecule has 1 aromatic heterocycles. The van der Waals surface area contributed by atoms with Crippen LogP contribution in [-0.4, -0.2) is 72.7 Å². The second-order valence-electron chi connectivity index (χ2n) is 12.9. The summed E-state index contributed by atoms with van der Waals surface area (Å²) in [5.41, 5.74) is 18.5. The van der Waals surface area contributed by atoms with Gasteiger partial charge in [0.05, 0.1) is 50.3 Å². The summed E-state index contributed by atoms with van der Waals surface area (Å²) in [4.78, 5) is 41.0. The standard InChI is InChI=1S/C37H46F3N7O3/c1-47(22-19-41,23-20-42)21-7-11-30(43)34(48)44-31(18-15-26-8-3-2-4-9-26)35(49)45-32-24-28-10-5-6-12-33(28)46(36(32)50)25-27-13-16-29(17-14-27)37(38,39)40/h2-6,8-10,12-14,16-17,24,30-31H,7,11,15,18-23,25,41-43H2,1H3,(H-,44,45,48,49)/p+1/t30?,31-/m1/s1. The number of hydrogen-bond acceptors (Lipinski definition) is 6. The molecule has 2 atom stereocenters. The van der Waals surface area contributed by atoms with Gasteiger partial charge in [0.2, 0.25) is 11.8 Å². The number of hydrogen-bond donors (Lipinski definition) is 5. The number of aryl methyl sites for hydroxylation is 1. The molecule has 4 rings (SSSR count). The molecule has 50 heavy (non-hydrogen) atoms. The van der Waals surface area contributed by atoms with Crippen LogP contribution < -0.4 is 33.4 Å². The minimum Gasteiger partial charge on any atom is -0.343 e. The van der Waals surface area contributed by atoms with E-state index >= 15 is 0 Å². The fourth-order valence-electron chi connectivity index (χ4n) is 6.06. The maximum atomic E-state index is 13.8. The highest BCUT2D eigenvalue weighted by Gasteiger charge is 2.30. The average molecular weight is 695 g/mol. The molecule has 0 saturated heterocycles. The molecule has 0 aliphatic heterocycles. The number of para-hydroxylation sites is 1. The molecule has 8 N–H and O–H groups in total. The first kappa shape index (κ1) is 38.2. The number of nitrogens with zero attached hydrogens (tertiary/aromatic N) is 2. The highest BCUT2D eigenvalue weighted by atomic mass is 19.4. The molecule has 0 aliphatic rings. The molecule has 0 spiro atoms. The van der Waals surface area contributed by atoms with Crippen LogP contribution in [0.2, 0.25) is 0 Å². The Bertz CT molecular complexity index is 1770. The topological polar surface area (TPSA) is 158 Å². The minimum atomic E-state index is -4.49. The molecule has 1 heterocycles. The highest BCUT2D eigenvalue weighted by molar-refractivity contribution is 5.99. The number of amides is 2. The lowest BCUT2D eigenvalue weighted by Gasteiger charge is -2.34. The number of benzene rings is 3. The number of likely N-dealkylation sites (N-methyl/N-ethyl adjacent to an activating group) is 1. The van der Waals surface area contributed by atoms with Gasteiger partial charge in [-0.1, -0.05) is 60.7 Å². The largest absolute Gasteiger partial charge is 0.416 e. The maximum Gasteiger partial charge on any atom is 0.416 e. The van der Waals surface area contributed by atoms with Crippen LogP contribution in [0.4, 0.5) is 18.9 Å². The second-order valence-corrected chi connectivity index (χ2v) is 12.9. The molecule has 0 bridgehead atoms. The summed E-state index contributed by atoms with van der Waals surface area (Å²) in [7, 11) is 2.07. The van der Waals surface area contributed by atoms with Crippen molar-refractivity contribution in [3.05, 3.63) is 112 Å². The van der Waals surface area contributed by atoms with Crippen LogP contribution >= 0.6 is 0 Å². The number of alkyl halides is 3. The lowest BCUT2D eigenvalue weighted by atomic mass is 10.0. The van der Waals surface area contributed by atoms with Crippen LogP contribution in [0, 0.1) is 0 Å². The molecular formula is C37H47F3N7O3+. The third-order valence-corrected chi connectivity index (χ3v) is 8.97. The first-order valence-electron chi connectivity index (χ1n) is 16.8. The van der Waals surface area contributed by atoms with Gasteiger partial charge in [-0.2, -0.15) is 13.2 Å². The Morgan fingerprint density at radius 1 is 0.840 bits per heavy atom. The van der Waals surface area contributed by atoms with E-state index in [-0.39, 0.29) is 18.7 Å². The van der Waals surface area contributed by atoms with E-state index in [9.17, 15) is 27.6 Å². The zero-order chi connectivity index (χ0) is 36.3. The molecule has 0 aliphatic carbocycles. The number of pyridine rings is 1. The summed E-state index contributed by atoms with van der Waals surface area (Å²) >= 11 is 0. The van der Waals surface area contributed by atoms with Crippen molar-refractivity contribution >= 4 is 28.4 Å². The summed E-state index contributed by atoms with van der Waals surface area (Å²) in [6.45, 7) is 3.24. The van der Waals surface area contributed by atoms with E-state index in [1.807, 2.05) is 30.3 Å². The molecule has 0 fully saturated rings. The van der Waals surface area contributed by atoms with Gasteiger partial charge in [-0.15, -0.1) is 0 Å². The van der Waals surface area contributed by atoms with Gasteiger partial charge in [-0.25, -0.2) is 0 Å². The Morgan fingerprint density at radius 3 is 2.12 bits per heavy atom. The van der Waals surface area contributed by atoms with Gasteiger partial charge in [-0.05, 0) is 61.1 Å². The van der Waals surface area contributed by atoms with Gasteiger partial charge in [0.15, 0.2) is 0 Å². The summed E-state index contributed by atoms with van der Waals surface area (Å²) < 4.78 is 41.5. The Labute approximate surface area is 290 Å². The van der Waals surface area contributed by atoms with Crippen LogP contribution in [0.3, 0.4) is 0 Å². The van der Waals surface area contributed by atoms with E-state index in [4.69, 9.17) is 17.2 Å². The molecule has 2 amide bonds. The average Bonchev–Trinajstić information content (AvgIpc) is 3.08. The number of nitrogens with one attached hydrogen (secondary N) is 2. The van der Waals surface area contributed by atoms with Crippen LogP contribution in [0.1, 0.15) is 36.0 Å². The highest BCUT2D eigenvalue weighted by Crippen LogP contribution is 2.29. The summed E-state index contributed by atoms with van der Waals surface area (Å²) in [5.74, 6) is -1.08. The van der Waals surface area contributed by atoms with Crippen LogP contribution in [-0.2, 0) is 28.7 Å². The van der Waals surface area contributed by atoms with Gasteiger partial charge >= 0.3 is 6.18 Å². The predicted molar refractivity (Wildman–Crippen MR) is 190 cm³/mol. The third kappa shape index (κ3) is 10.5. The van der Waals surface area contributed by atoms with Crippen molar-refractivity contribution in [3.63, 3.8) is 0 Å². The van der Waals surface area contributed by atoms with Crippen molar-refractivity contribution in [2.75, 3.05) is 45.1 Å². The maximum absolute atomic E-state index is 13.8. The first-order valence-corrected chi connectivity index (χ1v) is 16.8. The Balaban J connectivity index is 1.55. The quantitative estimate of drug-likeness (QED) is 0.106. The van der Waals surface area contributed by atoms with Gasteiger partial charge in [0, 0.05) is 18.5 Å². The smallest absolute Gasteiger partial charge is 0.343 e. The molecule has 0 radical (unpaired) electrons. The molecule has 3 aromatic carbocycles. The fourth-order valence-corrected chi connectivity index (χ4v) is 6.06. The van der Waals surface area contributed by atoms with E-state index in [2.05, 4.69) is 17.7 Å². The number of anilines is 1. The number of fused-ring (bicyclic) bond motifs is 1. The summed E-state index contributed by atoms with van der Waals surface area (Å²) in [6, 6.07) is 20.8. The monoisotopic (exact) mass is 694 g/mol. The van der Waals surface area contributed by atoms with Gasteiger partial charge in [0.25, 0.3) is 5.56 Å². The zero-order valence-corrected chi connectivity index (χ0v) is 28.3. The number of aromatic nitrogens is 1. The normalized spacial score (nSPS) is 13.2. The van der Waals surface area contributed by atoms with Crippen molar-refractivity contribution in [2.24, 2.45) is 17.2 Å². The molecule has 268 valence electrons. The minimum absolute atomic E-state index is 0.0271. The molecular weight excluding hydrogens is 647 g/mol. The SMILES string of the molecule is C[N+](CCN)(CCN)CCCC(N)C(=O)N[C@H](CCc1ccccc1)C(=O)Nc1cc2ccccc2n(Cc2ccc(C(F)(F)F)cc2)c1=O. The summed E-state index contributed by atoms with van der Waals surface area (Å²) in [5, 5.41) is 6.17. The fraction of sp³-hybridized carbons (Fsp3) is 0.378. The van der Waals surface area contributed by atoms with Crippen molar-refractivity contribution in [1.82, 2.24) is 9.88 Å². The molecule has 4 aromatic rings. The van der Waals surface area contributed by atoms with Crippen LogP contribution in [0.15, 0.2) is 89.7 Å². The number of carbonyl (C=O) groups is 2. The number of rotatable bonds is 17. The molecule has 10 nitrogen and oxygen atoms in total. The Hall–Kier alpha value is -4.56. The summed E-state index contributed by atoms with van der Waals surface area (Å²) in [6.07, 6.45) is -2.73. The number of carbonyl (C=O) groups excluding carboxylic acids is 2. The van der Waals surface area contributed by atoms with Gasteiger partial charge in [-0.3, -0.25) is 14.4 Å². The number of quaternary nitrogens is 1. The Kier molecular flexibility index (Phi) is 13.3. The molecule has 0 saturated carbocycles. The van der Waals surface area contributed by atoms with E-state index in [1.54, 1.807) is 30.3 Å². The lowest BCUT2D eigenvalue weighted by Crippen LogP contribution is -2.52. The van der Waals surface area contributed by atoms with E-state index < -0.39 is 41.2 Å². The molecule has 1 unspecified atom stereocenters. The van der Waals surface area contributed by atoms with Crippen molar-refractivity contribution in [2.45, 2.75) is 50.5 Å². The zero-order valence-electron chi connectivity index (χ0n) is 28.3. The van der Waals surface area contributed by atoms with E-state index in [1.165, 1.54) is 16.7 Å². The third-order valence-electron chi connectivity index (χ3n) is 8.97. The van der Waals surface area contributed by atoms with E-state index in [0.29, 0.717) is 53.3 Å². The van der Waals surface area contributed by atoms with Crippen LogP contribution in [0.25, 0.3) is 10.9 Å². The Morgan fingerprint density at radius 2 is 1.48 bits per heavy atom. The van der Waals surface area contributed by atoms with Crippen molar-refractivity contribution in [3.8, 4) is 0 Å². The van der Waals surface area contributed by atoms with Crippen molar-refractivity contribution in [1.29, 1.82) is 0 Å². The first-order chi connectivity index (χ1) is 23.8. The lowest BCUT2D eigenvalue weighted by molar-refractivity contribution is -0.907. The van der Waals surface area contributed by atoms with Crippen molar-refractivity contribution < 1.29 is 27.2 Å².